The maximum absolute atomic E-state index is 12.3. The Labute approximate surface area is 127 Å². The summed E-state index contributed by atoms with van der Waals surface area (Å²) in [4.78, 5) is 7.34. The van der Waals surface area contributed by atoms with Crippen LogP contribution in [0.2, 0.25) is 0 Å². The molecule has 112 valence electrons. The van der Waals surface area contributed by atoms with Crippen LogP contribution in [0.5, 0.6) is 0 Å². The molecule has 1 aromatic carbocycles. The van der Waals surface area contributed by atoms with Crippen LogP contribution in [0.3, 0.4) is 0 Å². The van der Waals surface area contributed by atoms with E-state index in [2.05, 4.69) is 15.0 Å². The van der Waals surface area contributed by atoms with Crippen molar-refractivity contribution in [1.82, 2.24) is 19.7 Å². The molecule has 2 heterocycles. The lowest BCUT2D eigenvalue weighted by Gasteiger charge is -2.23. The molecule has 1 aliphatic rings. The van der Waals surface area contributed by atoms with Crippen molar-refractivity contribution in [2.75, 3.05) is 18.8 Å². The van der Waals surface area contributed by atoms with E-state index in [1.165, 1.54) is 12.8 Å². The molecular formula is C15H20N4OS. The third kappa shape index (κ3) is 3.77. The first-order valence-corrected chi connectivity index (χ1v) is 8.65. The van der Waals surface area contributed by atoms with E-state index in [1.54, 1.807) is 12.7 Å². The highest BCUT2D eigenvalue weighted by molar-refractivity contribution is 7.85. The van der Waals surface area contributed by atoms with E-state index in [4.69, 9.17) is 0 Å². The van der Waals surface area contributed by atoms with Gasteiger partial charge in [-0.05, 0) is 31.5 Å². The van der Waals surface area contributed by atoms with Crippen LogP contribution in [0.25, 0.3) is 0 Å². The Hall–Kier alpha value is -1.53. The lowest BCUT2D eigenvalue weighted by atomic mass is 10.2. The second-order valence-electron chi connectivity index (χ2n) is 5.31. The first-order valence-electron chi connectivity index (χ1n) is 7.33. The van der Waals surface area contributed by atoms with Gasteiger partial charge in [0.25, 0.3) is 0 Å². The summed E-state index contributed by atoms with van der Waals surface area (Å²) in [5.74, 6) is 0.692. The number of aromatic nitrogens is 3. The van der Waals surface area contributed by atoms with Crippen LogP contribution in [-0.2, 0) is 17.3 Å². The Morgan fingerprint density at radius 1 is 1.29 bits per heavy atom. The van der Waals surface area contributed by atoms with Crippen LogP contribution >= 0.6 is 0 Å². The number of nitrogens with zero attached hydrogens (tertiary/aromatic N) is 4. The molecule has 1 aliphatic heterocycles. The minimum absolute atomic E-state index is 0.486. The number of hydrogen-bond donors (Lipinski definition) is 0. The smallest absolute Gasteiger partial charge is 0.137 e. The van der Waals surface area contributed by atoms with Crippen molar-refractivity contribution in [3.63, 3.8) is 0 Å². The van der Waals surface area contributed by atoms with Gasteiger partial charge in [0.1, 0.15) is 12.7 Å². The Kier molecular flexibility index (Phi) is 4.77. The molecule has 1 saturated heterocycles. The fraction of sp³-hybridized carbons (Fsp3) is 0.467. The highest BCUT2D eigenvalue weighted by Crippen LogP contribution is 2.18. The SMILES string of the molecule is O=[S@](CCN1CCC[C@@H]1Cn1cncn1)c1ccccc1. The third-order valence-corrected chi connectivity index (χ3v) is 5.28. The number of hydrogen-bond acceptors (Lipinski definition) is 4. The van der Waals surface area contributed by atoms with E-state index in [0.717, 1.165) is 24.5 Å². The fourth-order valence-corrected chi connectivity index (χ4v) is 3.93. The van der Waals surface area contributed by atoms with Crippen LogP contribution in [-0.4, -0.2) is 48.8 Å². The van der Waals surface area contributed by atoms with Gasteiger partial charge in [-0.3, -0.25) is 13.8 Å². The van der Waals surface area contributed by atoms with E-state index in [-0.39, 0.29) is 0 Å². The second-order valence-corrected chi connectivity index (χ2v) is 6.88. The van der Waals surface area contributed by atoms with Gasteiger partial charge in [0, 0.05) is 23.2 Å². The predicted molar refractivity (Wildman–Crippen MR) is 82.3 cm³/mol. The molecule has 0 bridgehead atoms. The molecule has 3 rings (SSSR count). The Morgan fingerprint density at radius 2 is 2.14 bits per heavy atom. The van der Waals surface area contributed by atoms with Gasteiger partial charge >= 0.3 is 0 Å². The van der Waals surface area contributed by atoms with Gasteiger partial charge in [-0.2, -0.15) is 5.10 Å². The zero-order valence-electron chi connectivity index (χ0n) is 12.0. The molecule has 0 unspecified atom stereocenters. The van der Waals surface area contributed by atoms with Crippen molar-refractivity contribution in [2.45, 2.75) is 30.3 Å². The topological polar surface area (TPSA) is 51.0 Å². The van der Waals surface area contributed by atoms with E-state index in [9.17, 15) is 4.21 Å². The summed E-state index contributed by atoms with van der Waals surface area (Å²) >= 11 is 0. The average Bonchev–Trinajstić information content (AvgIpc) is 3.18. The van der Waals surface area contributed by atoms with Gasteiger partial charge in [-0.25, -0.2) is 4.98 Å². The maximum Gasteiger partial charge on any atom is 0.137 e. The van der Waals surface area contributed by atoms with Crippen molar-refractivity contribution in [2.24, 2.45) is 0 Å². The normalized spacial score (nSPS) is 20.7. The van der Waals surface area contributed by atoms with Gasteiger partial charge in [0.15, 0.2) is 0 Å². The van der Waals surface area contributed by atoms with Crippen LogP contribution in [0.1, 0.15) is 12.8 Å². The van der Waals surface area contributed by atoms with Gasteiger partial charge < -0.3 is 0 Å². The number of likely N-dealkylation sites (tertiary alicyclic amines) is 1. The largest absolute Gasteiger partial charge is 0.298 e. The standard InChI is InChI=1S/C15H20N4OS/c20-21(15-6-2-1-3-7-15)10-9-18-8-4-5-14(18)11-19-13-16-12-17-19/h1-3,6-7,12-14H,4-5,8-11H2/t14-,21-/m1/s1. The molecule has 5 nitrogen and oxygen atoms in total. The molecule has 0 amide bonds. The molecule has 2 atom stereocenters. The van der Waals surface area contributed by atoms with Crippen molar-refractivity contribution >= 4 is 10.8 Å². The number of benzene rings is 1. The molecule has 0 radical (unpaired) electrons. The molecule has 1 fully saturated rings. The summed E-state index contributed by atoms with van der Waals surface area (Å²) in [5.41, 5.74) is 0. The monoisotopic (exact) mass is 304 g/mol. The Balaban J connectivity index is 1.53. The van der Waals surface area contributed by atoms with Gasteiger partial charge in [0.05, 0.1) is 17.3 Å². The highest BCUT2D eigenvalue weighted by atomic mass is 32.2. The number of rotatable bonds is 6. The van der Waals surface area contributed by atoms with Crippen LogP contribution in [0, 0.1) is 0 Å². The van der Waals surface area contributed by atoms with E-state index in [1.807, 2.05) is 35.0 Å². The molecule has 6 heteroatoms. The minimum atomic E-state index is -0.909. The predicted octanol–water partition coefficient (Wildman–Crippen LogP) is 1.55. The first kappa shape index (κ1) is 14.4. The quantitative estimate of drug-likeness (QED) is 0.812. The van der Waals surface area contributed by atoms with Crippen molar-refractivity contribution in [3.8, 4) is 0 Å². The first-order chi connectivity index (χ1) is 10.3. The van der Waals surface area contributed by atoms with Crippen molar-refractivity contribution in [3.05, 3.63) is 43.0 Å². The third-order valence-electron chi connectivity index (χ3n) is 3.93. The molecule has 2 aromatic rings. The fourth-order valence-electron chi connectivity index (χ4n) is 2.83. The maximum atomic E-state index is 12.3. The molecule has 1 aromatic heterocycles. The molecule has 0 saturated carbocycles. The van der Waals surface area contributed by atoms with Crippen LogP contribution < -0.4 is 0 Å². The summed E-state index contributed by atoms with van der Waals surface area (Å²) in [5, 5.41) is 4.18. The van der Waals surface area contributed by atoms with E-state index < -0.39 is 10.8 Å². The van der Waals surface area contributed by atoms with Crippen molar-refractivity contribution in [1.29, 1.82) is 0 Å². The van der Waals surface area contributed by atoms with Gasteiger partial charge in [-0.1, -0.05) is 18.2 Å². The van der Waals surface area contributed by atoms with Gasteiger partial charge in [-0.15, -0.1) is 0 Å². The average molecular weight is 304 g/mol. The molecule has 21 heavy (non-hydrogen) atoms. The second kappa shape index (κ2) is 6.95. The molecule has 0 aliphatic carbocycles. The summed E-state index contributed by atoms with van der Waals surface area (Å²) < 4.78 is 14.2. The molecule has 0 spiro atoms. The molecule has 0 N–H and O–H groups in total. The van der Waals surface area contributed by atoms with Crippen LogP contribution in [0.15, 0.2) is 47.9 Å². The lowest BCUT2D eigenvalue weighted by Crippen LogP contribution is -2.35. The summed E-state index contributed by atoms with van der Waals surface area (Å²) in [6.45, 7) is 2.84. The lowest BCUT2D eigenvalue weighted by molar-refractivity contribution is 0.239. The minimum Gasteiger partial charge on any atom is -0.298 e. The Morgan fingerprint density at radius 3 is 2.90 bits per heavy atom. The summed E-state index contributed by atoms with van der Waals surface area (Å²) in [6, 6.07) is 10.2. The highest BCUT2D eigenvalue weighted by Gasteiger charge is 2.25. The van der Waals surface area contributed by atoms with E-state index >= 15 is 0 Å². The zero-order chi connectivity index (χ0) is 14.5. The molecular weight excluding hydrogens is 284 g/mol. The van der Waals surface area contributed by atoms with Crippen LogP contribution in [0.4, 0.5) is 0 Å². The zero-order valence-corrected chi connectivity index (χ0v) is 12.8. The summed E-state index contributed by atoms with van der Waals surface area (Å²) in [7, 11) is -0.909. The summed E-state index contributed by atoms with van der Waals surface area (Å²) in [6.07, 6.45) is 5.72. The Bertz CT molecular complexity index is 573. The van der Waals surface area contributed by atoms with E-state index in [0.29, 0.717) is 11.8 Å². The van der Waals surface area contributed by atoms with Crippen molar-refractivity contribution < 1.29 is 4.21 Å². The van der Waals surface area contributed by atoms with Gasteiger partial charge in [0.2, 0.25) is 0 Å².